The van der Waals surface area contributed by atoms with E-state index in [1.54, 1.807) is 23.1 Å². The lowest BCUT2D eigenvalue weighted by atomic mass is 10.1. The maximum Gasteiger partial charge on any atom is 0.317 e. The van der Waals surface area contributed by atoms with E-state index in [9.17, 15) is 14.9 Å². The van der Waals surface area contributed by atoms with Crippen LogP contribution in [-0.4, -0.2) is 47.0 Å². The van der Waals surface area contributed by atoms with Gasteiger partial charge in [0.1, 0.15) is 0 Å². The lowest BCUT2D eigenvalue weighted by Gasteiger charge is -2.25. The van der Waals surface area contributed by atoms with Gasteiger partial charge in [0.05, 0.1) is 4.92 Å². The van der Waals surface area contributed by atoms with Gasteiger partial charge in [-0.2, -0.15) is 11.8 Å². The van der Waals surface area contributed by atoms with Gasteiger partial charge in [-0.1, -0.05) is 18.2 Å². The monoisotopic (exact) mass is 337 g/mol. The molecule has 0 unspecified atom stereocenters. The minimum absolute atomic E-state index is 0.102. The first-order valence-corrected chi connectivity index (χ1v) is 9.07. The van der Waals surface area contributed by atoms with Gasteiger partial charge in [-0.25, -0.2) is 4.79 Å². The highest BCUT2D eigenvalue weighted by Gasteiger charge is 2.29. The number of nitrogens with one attached hydrogen (secondary N) is 1. The van der Waals surface area contributed by atoms with E-state index in [-0.39, 0.29) is 16.6 Å². The number of nitro groups is 1. The third-order valence-electron chi connectivity index (χ3n) is 4.42. The number of urea groups is 1. The molecule has 1 aliphatic rings. The molecule has 0 spiro atoms. The Hall–Kier alpha value is -1.76. The van der Waals surface area contributed by atoms with Crippen molar-refractivity contribution in [2.45, 2.75) is 37.0 Å². The number of nitrogens with zero attached hydrogens (tertiary/aromatic N) is 2. The topological polar surface area (TPSA) is 75.5 Å². The molecule has 1 fully saturated rings. The third-order valence-corrected chi connectivity index (χ3v) is 5.51. The van der Waals surface area contributed by atoms with E-state index in [1.165, 1.54) is 6.07 Å². The molecule has 1 N–H and O–H groups in total. The number of hydrogen-bond donors (Lipinski definition) is 1. The summed E-state index contributed by atoms with van der Waals surface area (Å²) in [5.41, 5.74) is 0.748. The molecule has 0 aliphatic heterocycles. The van der Waals surface area contributed by atoms with Crippen molar-refractivity contribution >= 4 is 23.5 Å². The van der Waals surface area contributed by atoms with Crippen molar-refractivity contribution < 1.29 is 9.72 Å². The van der Waals surface area contributed by atoms with Crippen LogP contribution in [0.1, 0.15) is 24.8 Å². The summed E-state index contributed by atoms with van der Waals surface area (Å²) < 4.78 is 0. The largest absolute Gasteiger partial charge is 0.338 e. The van der Waals surface area contributed by atoms with E-state index in [0.29, 0.717) is 29.8 Å². The Labute approximate surface area is 140 Å². The molecule has 0 bridgehead atoms. The fourth-order valence-corrected chi connectivity index (χ4v) is 3.76. The molecule has 2 amide bonds. The van der Waals surface area contributed by atoms with Gasteiger partial charge in [0.25, 0.3) is 5.69 Å². The molecule has 1 aromatic rings. The molecule has 1 aliphatic carbocycles. The average Bonchev–Trinajstić information content (AvgIpc) is 3.03. The number of rotatable bonds is 6. The summed E-state index contributed by atoms with van der Waals surface area (Å²) >= 11 is 1.86. The smallest absolute Gasteiger partial charge is 0.317 e. The van der Waals surface area contributed by atoms with Crippen molar-refractivity contribution in [3.05, 3.63) is 39.9 Å². The molecule has 0 aromatic heterocycles. The van der Waals surface area contributed by atoms with Gasteiger partial charge in [0.15, 0.2) is 0 Å². The molecule has 6 nitrogen and oxygen atoms in total. The maximum atomic E-state index is 12.2. The van der Waals surface area contributed by atoms with E-state index in [0.717, 1.165) is 19.3 Å². The van der Waals surface area contributed by atoms with Crippen LogP contribution in [-0.2, 0) is 6.42 Å². The molecule has 23 heavy (non-hydrogen) atoms. The molecule has 2 atom stereocenters. The van der Waals surface area contributed by atoms with Gasteiger partial charge in [-0.15, -0.1) is 0 Å². The Kier molecular flexibility index (Phi) is 6.27. The van der Waals surface area contributed by atoms with Gasteiger partial charge in [-0.05, 0) is 31.9 Å². The second-order valence-electron chi connectivity index (χ2n) is 5.80. The van der Waals surface area contributed by atoms with Crippen LogP contribution in [0.4, 0.5) is 10.5 Å². The predicted octanol–water partition coefficient (Wildman–Crippen LogP) is 3.06. The Morgan fingerprint density at radius 3 is 2.83 bits per heavy atom. The highest BCUT2D eigenvalue weighted by Crippen LogP contribution is 2.30. The minimum Gasteiger partial charge on any atom is -0.338 e. The van der Waals surface area contributed by atoms with Crippen LogP contribution in [0.3, 0.4) is 0 Å². The molecule has 0 radical (unpaired) electrons. The molecular formula is C16H23N3O3S. The van der Waals surface area contributed by atoms with Crippen molar-refractivity contribution in [3.8, 4) is 0 Å². The standard InChI is InChI=1S/C16H23N3O3S/c1-18(13-7-8-14(11-13)23-2)16(20)17-10-9-12-5-3-4-6-15(12)19(21)22/h3-6,13-14H,7-11H2,1-2H3,(H,17,20)/t13-,14+/m0/s1. The average molecular weight is 337 g/mol. The van der Waals surface area contributed by atoms with Gasteiger partial charge in [0, 0.05) is 36.5 Å². The molecule has 1 saturated carbocycles. The third kappa shape index (κ3) is 4.60. The second kappa shape index (κ2) is 8.19. The van der Waals surface area contributed by atoms with Crippen molar-refractivity contribution in [2.24, 2.45) is 0 Å². The molecule has 0 saturated heterocycles. The lowest BCUT2D eigenvalue weighted by molar-refractivity contribution is -0.385. The molecule has 1 aromatic carbocycles. The van der Waals surface area contributed by atoms with E-state index in [4.69, 9.17) is 0 Å². The van der Waals surface area contributed by atoms with E-state index >= 15 is 0 Å². The second-order valence-corrected chi connectivity index (χ2v) is 6.94. The van der Waals surface area contributed by atoms with Crippen LogP contribution >= 0.6 is 11.8 Å². The number of hydrogen-bond acceptors (Lipinski definition) is 4. The zero-order chi connectivity index (χ0) is 16.8. The zero-order valence-corrected chi connectivity index (χ0v) is 14.3. The lowest BCUT2D eigenvalue weighted by Crippen LogP contribution is -2.43. The van der Waals surface area contributed by atoms with Gasteiger partial charge in [-0.3, -0.25) is 10.1 Å². The predicted molar refractivity (Wildman–Crippen MR) is 92.9 cm³/mol. The Morgan fingerprint density at radius 2 is 2.17 bits per heavy atom. The van der Waals surface area contributed by atoms with E-state index in [1.807, 2.05) is 18.8 Å². The number of carbonyl (C=O) groups is 1. The first-order valence-electron chi connectivity index (χ1n) is 7.78. The van der Waals surface area contributed by atoms with Crippen LogP contribution < -0.4 is 5.32 Å². The molecule has 126 valence electrons. The number of amides is 2. The van der Waals surface area contributed by atoms with Crippen LogP contribution in [0.25, 0.3) is 0 Å². The van der Waals surface area contributed by atoms with E-state index < -0.39 is 0 Å². The molecule has 0 heterocycles. The summed E-state index contributed by atoms with van der Waals surface area (Å²) in [5, 5.41) is 14.5. The first-order chi connectivity index (χ1) is 11.0. The number of para-hydroxylation sites is 1. The highest BCUT2D eigenvalue weighted by atomic mass is 32.2. The van der Waals surface area contributed by atoms with Crippen LogP contribution in [0, 0.1) is 10.1 Å². The van der Waals surface area contributed by atoms with Crippen molar-refractivity contribution in [3.63, 3.8) is 0 Å². The summed E-state index contributed by atoms with van der Waals surface area (Å²) in [5.74, 6) is 0. The van der Waals surface area contributed by atoms with Crippen LogP contribution in [0.2, 0.25) is 0 Å². The van der Waals surface area contributed by atoms with Crippen LogP contribution in [0.15, 0.2) is 24.3 Å². The summed E-state index contributed by atoms with van der Waals surface area (Å²) in [6.07, 6.45) is 5.79. The molecule has 2 rings (SSSR count). The fraction of sp³-hybridized carbons (Fsp3) is 0.562. The Morgan fingerprint density at radius 1 is 1.43 bits per heavy atom. The molecule has 7 heteroatoms. The number of nitro benzene ring substituents is 1. The van der Waals surface area contributed by atoms with Gasteiger partial charge in [0.2, 0.25) is 0 Å². The summed E-state index contributed by atoms with van der Waals surface area (Å²) in [4.78, 5) is 24.6. The van der Waals surface area contributed by atoms with Gasteiger partial charge < -0.3 is 10.2 Å². The number of carbonyl (C=O) groups excluding carboxylic acids is 1. The van der Waals surface area contributed by atoms with Crippen molar-refractivity contribution in [1.29, 1.82) is 0 Å². The molecular weight excluding hydrogens is 314 g/mol. The normalized spacial score (nSPS) is 20.3. The minimum atomic E-state index is -0.385. The van der Waals surface area contributed by atoms with Crippen LogP contribution in [0.5, 0.6) is 0 Å². The Balaban J connectivity index is 1.82. The quantitative estimate of drug-likeness (QED) is 0.639. The van der Waals surface area contributed by atoms with Crippen molar-refractivity contribution in [1.82, 2.24) is 10.2 Å². The summed E-state index contributed by atoms with van der Waals surface area (Å²) in [7, 11) is 1.83. The summed E-state index contributed by atoms with van der Waals surface area (Å²) in [6, 6.07) is 6.83. The maximum absolute atomic E-state index is 12.2. The SMILES string of the molecule is CS[C@@H]1CC[C@H](N(C)C(=O)NCCc2ccccc2[N+](=O)[O-])C1. The first kappa shape index (κ1) is 17.6. The fourth-order valence-electron chi connectivity index (χ4n) is 2.98. The van der Waals surface area contributed by atoms with Crippen molar-refractivity contribution in [2.75, 3.05) is 19.8 Å². The number of thioether (sulfide) groups is 1. The summed E-state index contributed by atoms with van der Waals surface area (Å²) in [6.45, 7) is 0.396. The van der Waals surface area contributed by atoms with Gasteiger partial charge >= 0.3 is 6.03 Å². The zero-order valence-electron chi connectivity index (χ0n) is 13.5. The Bertz CT molecular complexity index is 567. The number of benzene rings is 1. The van der Waals surface area contributed by atoms with E-state index in [2.05, 4.69) is 11.6 Å². The highest BCUT2D eigenvalue weighted by molar-refractivity contribution is 7.99.